The second kappa shape index (κ2) is 8.89. The van der Waals surface area contributed by atoms with Crippen LogP contribution in [0.3, 0.4) is 0 Å². The zero-order chi connectivity index (χ0) is 18.8. The van der Waals surface area contributed by atoms with Crippen molar-refractivity contribution in [1.29, 1.82) is 0 Å². The second-order valence-corrected chi connectivity index (χ2v) is 8.02. The van der Waals surface area contributed by atoms with Crippen molar-refractivity contribution in [2.75, 3.05) is 24.5 Å². The van der Waals surface area contributed by atoms with E-state index in [1.54, 1.807) is 12.1 Å². The molecule has 27 heavy (non-hydrogen) atoms. The van der Waals surface area contributed by atoms with Gasteiger partial charge in [0.25, 0.3) is 11.6 Å². The molecule has 7 nitrogen and oxygen atoms in total. The Morgan fingerprint density at radius 1 is 1.33 bits per heavy atom. The highest BCUT2D eigenvalue weighted by atomic mass is 35.5. The van der Waals surface area contributed by atoms with Gasteiger partial charge in [0, 0.05) is 37.3 Å². The summed E-state index contributed by atoms with van der Waals surface area (Å²) < 4.78 is 0. The smallest absolute Gasteiger partial charge is 0.293 e. The van der Waals surface area contributed by atoms with Crippen molar-refractivity contribution in [2.24, 2.45) is 23.5 Å². The number of nitro groups is 1. The summed E-state index contributed by atoms with van der Waals surface area (Å²) in [6.07, 6.45) is 3.36. The summed E-state index contributed by atoms with van der Waals surface area (Å²) in [6, 6.07) is 4.73. The molecule has 3 atom stereocenters. The molecule has 1 heterocycles. The number of carbonyl (C=O) groups is 1. The first-order valence-corrected chi connectivity index (χ1v) is 9.42. The van der Waals surface area contributed by atoms with Gasteiger partial charge in [0.05, 0.1) is 4.92 Å². The minimum Gasteiger partial charge on any atom is -0.365 e. The molecule has 3 unspecified atom stereocenters. The van der Waals surface area contributed by atoms with Gasteiger partial charge < -0.3 is 16.0 Å². The minimum atomic E-state index is -0.397. The first-order valence-electron chi connectivity index (χ1n) is 9.42. The number of piperidine rings is 1. The molecule has 8 heteroatoms. The monoisotopic (exact) mass is 396 g/mol. The standard InChI is InChI=1S/C19H28N4O3.ClH/c1-12-7-13(2)11-22(10-12)17-6-5-15(8-18(17)23(25)26)19(24)21-9-16(20)14-3-4-14;/h5-6,8,12-14,16H,3-4,7,9-11,20H2,1-2H3,(H,21,24);1H. The summed E-state index contributed by atoms with van der Waals surface area (Å²) in [5, 5.41) is 14.4. The first kappa shape index (κ1) is 21.4. The summed E-state index contributed by atoms with van der Waals surface area (Å²) in [6.45, 7) is 6.33. The van der Waals surface area contributed by atoms with Crippen molar-refractivity contribution in [3.63, 3.8) is 0 Å². The number of hydrogen-bond acceptors (Lipinski definition) is 5. The van der Waals surface area contributed by atoms with Crippen LogP contribution in [0.15, 0.2) is 18.2 Å². The van der Waals surface area contributed by atoms with E-state index < -0.39 is 4.92 Å². The molecule has 1 aliphatic heterocycles. The zero-order valence-electron chi connectivity index (χ0n) is 15.9. The summed E-state index contributed by atoms with van der Waals surface area (Å²) in [7, 11) is 0. The number of nitro benzene ring substituents is 1. The van der Waals surface area contributed by atoms with Gasteiger partial charge in [-0.25, -0.2) is 0 Å². The van der Waals surface area contributed by atoms with Gasteiger partial charge in [-0.2, -0.15) is 0 Å². The van der Waals surface area contributed by atoms with Crippen LogP contribution in [-0.2, 0) is 0 Å². The average Bonchev–Trinajstić information content (AvgIpc) is 3.43. The van der Waals surface area contributed by atoms with Crippen LogP contribution in [-0.4, -0.2) is 36.5 Å². The fourth-order valence-corrected chi connectivity index (χ4v) is 3.94. The molecule has 1 aromatic rings. The summed E-state index contributed by atoms with van der Waals surface area (Å²) in [4.78, 5) is 25.6. The lowest BCUT2D eigenvalue weighted by Crippen LogP contribution is -2.39. The van der Waals surface area contributed by atoms with E-state index in [1.807, 2.05) is 0 Å². The second-order valence-electron chi connectivity index (χ2n) is 8.02. The van der Waals surface area contributed by atoms with Gasteiger partial charge in [-0.15, -0.1) is 12.4 Å². The predicted octanol–water partition coefficient (Wildman–Crippen LogP) is 2.97. The van der Waals surface area contributed by atoms with Crippen molar-refractivity contribution in [1.82, 2.24) is 5.32 Å². The van der Waals surface area contributed by atoms with Crippen LogP contribution in [0.5, 0.6) is 0 Å². The Kier molecular flexibility index (Phi) is 7.06. The van der Waals surface area contributed by atoms with E-state index in [2.05, 4.69) is 24.1 Å². The third kappa shape index (κ3) is 5.32. The molecule has 150 valence electrons. The van der Waals surface area contributed by atoms with Gasteiger partial charge in [-0.05, 0) is 49.1 Å². The Morgan fingerprint density at radius 3 is 2.52 bits per heavy atom. The number of nitrogens with zero attached hydrogens (tertiary/aromatic N) is 2. The maximum Gasteiger partial charge on any atom is 0.293 e. The molecule has 1 amide bonds. The first-order chi connectivity index (χ1) is 12.3. The number of rotatable bonds is 6. The number of amides is 1. The van der Waals surface area contributed by atoms with Gasteiger partial charge in [0.1, 0.15) is 5.69 Å². The maximum absolute atomic E-state index is 12.4. The van der Waals surface area contributed by atoms with Crippen LogP contribution in [0.1, 0.15) is 43.5 Å². The van der Waals surface area contributed by atoms with Crippen molar-refractivity contribution in [3.8, 4) is 0 Å². The van der Waals surface area contributed by atoms with Gasteiger partial charge in [0.15, 0.2) is 0 Å². The SMILES string of the molecule is CC1CC(C)CN(c2ccc(C(=O)NCC(N)C3CC3)cc2[N+](=O)[O-])C1.Cl. The van der Waals surface area contributed by atoms with Crippen LogP contribution >= 0.6 is 12.4 Å². The Morgan fingerprint density at radius 2 is 1.96 bits per heavy atom. The number of anilines is 1. The fraction of sp³-hybridized carbons (Fsp3) is 0.632. The van der Waals surface area contributed by atoms with Gasteiger partial charge in [-0.1, -0.05) is 13.8 Å². The Bertz CT molecular complexity index is 686. The van der Waals surface area contributed by atoms with Crippen LogP contribution < -0.4 is 16.0 Å². The molecule has 2 fully saturated rings. The zero-order valence-corrected chi connectivity index (χ0v) is 16.7. The molecule has 0 spiro atoms. The molecule has 1 saturated carbocycles. The van der Waals surface area contributed by atoms with E-state index in [9.17, 15) is 14.9 Å². The lowest BCUT2D eigenvalue weighted by Gasteiger charge is -2.36. The topological polar surface area (TPSA) is 102 Å². The average molecular weight is 397 g/mol. The predicted molar refractivity (Wildman–Crippen MR) is 109 cm³/mol. The fourth-order valence-electron chi connectivity index (χ4n) is 3.94. The van der Waals surface area contributed by atoms with E-state index in [1.165, 1.54) is 6.07 Å². The summed E-state index contributed by atoms with van der Waals surface area (Å²) in [5.74, 6) is 1.17. The number of hydrogen-bond donors (Lipinski definition) is 2. The Balaban J connectivity index is 0.00000261. The van der Waals surface area contributed by atoms with Crippen LogP contribution in [0.25, 0.3) is 0 Å². The van der Waals surface area contributed by atoms with Gasteiger partial charge in [-0.3, -0.25) is 14.9 Å². The van der Waals surface area contributed by atoms with Crippen molar-refractivity contribution >= 4 is 29.7 Å². The third-order valence-corrected chi connectivity index (χ3v) is 5.37. The number of nitrogens with two attached hydrogens (primary N) is 1. The Hall–Kier alpha value is -1.86. The Labute approximate surface area is 166 Å². The lowest BCUT2D eigenvalue weighted by atomic mass is 9.91. The number of carbonyl (C=O) groups excluding carboxylic acids is 1. The minimum absolute atomic E-state index is 0. The quantitative estimate of drug-likeness (QED) is 0.568. The highest BCUT2D eigenvalue weighted by molar-refractivity contribution is 5.95. The highest BCUT2D eigenvalue weighted by Crippen LogP contribution is 2.34. The van der Waals surface area contributed by atoms with Crippen LogP contribution in [0, 0.1) is 27.9 Å². The number of halogens is 1. The lowest BCUT2D eigenvalue weighted by molar-refractivity contribution is -0.384. The van der Waals surface area contributed by atoms with Gasteiger partial charge in [0.2, 0.25) is 0 Å². The molecule has 3 rings (SSSR count). The van der Waals surface area contributed by atoms with E-state index in [0.29, 0.717) is 35.5 Å². The number of benzene rings is 1. The third-order valence-electron chi connectivity index (χ3n) is 5.37. The van der Waals surface area contributed by atoms with E-state index in [-0.39, 0.29) is 30.0 Å². The van der Waals surface area contributed by atoms with E-state index in [4.69, 9.17) is 5.73 Å². The maximum atomic E-state index is 12.4. The van der Waals surface area contributed by atoms with Crippen LogP contribution in [0.2, 0.25) is 0 Å². The summed E-state index contributed by atoms with van der Waals surface area (Å²) in [5.41, 5.74) is 6.90. The molecule has 0 radical (unpaired) electrons. The molecule has 0 aromatic heterocycles. The van der Waals surface area contributed by atoms with E-state index in [0.717, 1.165) is 32.4 Å². The van der Waals surface area contributed by atoms with Crippen LogP contribution in [0.4, 0.5) is 11.4 Å². The molecule has 2 aliphatic rings. The largest absolute Gasteiger partial charge is 0.365 e. The molecule has 0 bridgehead atoms. The van der Waals surface area contributed by atoms with Crippen molar-refractivity contribution in [2.45, 2.75) is 39.2 Å². The van der Waals surface area contributed by atoms with Gasteiger partial charge >= 0.3 is 0 Å². The normalized spacial score (nSPS) is 23.3. The van der Waals surface area contributed by atoms with E-state index >= 15 is 0 Å². The molecular formula is C19H29ClN4O3. The molecule has 3 N–H and O–H groups in total. The highest BCUT2D eigenvalue weighted by Gasteiger charge is 2.30. The summed E-state index contributed by atoms with van der Waals surface area (Å²) >= 11 is 0. The molecule has 1 aliphatic carbocycles. The molecular weight excluding hydrogens is 368 g/mol. The van der Waals surface area contributed by atoms with Crippen molar-refractivity contribution < 1.29 is 9.72 Å². The molecule has 1 saturated heterocycles. The molecule has 1 aromatic carbocycles. The van der Waals surface area contributed by atoms with Crippen molar-refractivity contribution in [3.05, 3.63) is 33.9 Å². The number of nitrogens with one attached hydrogen (secondary N) is 1.